The van der Waals surface area contributed by atoms with Gasteiger partial charge in [-0.2, -0.15) is 0 Å². The number of amides is 1. The monoisotopic (exact) mass is 414 g/mol. The van der Waals surface area contributed by atoms with Crippen LogP contribution in [0.2, 0.25) is 0 Å². The summed E-state index contributed by atoms with van der Waals surface area (Å²) in [5.41, 5.74) is -0.464. The van der Waals surface area contributed by atoms with E-state index in [1.807, 2.05) is 27.8 Å². The van der Waals surface area contributed by atoms with E-state index in [2.05, 4.69) is 27.4 Å². The molecular formula is C14H31IN4O2. The topological polar surface area (TPSA) is 66.0 Å². The van der Waals surface area contributed by atoms with E-state index in [9.17, 15) is 4.79 Å². The lowest BCUT2D eigenvalue weighted by Gasteiger charge is -2.22. The van der Waals surface area contributed by atoms with Gasteiger partial charge in [0.05, 0.1) is 0 Å². The zero-order valence-electron chi connectivity index (χ0n) is 14.2. The fraction of sp³-hybridized carbons (Fsp3) is 0.857. The molecule has 0 rings (SSSR count). The highest BCUT2D eigenvalue weighted by molar-refractivity contribution is 14.0. The Hall–Kier alpha value is -0.730. The Balaban J connectivity index is 0. The molecule has 7 heteroatoms. The third-order valence-electron chi connectivity index (χ3n) is 2.50. The quantitative estimate of drug-likeness (QED) is 0.303. The van der Waals surface area contributed by atoms with Gasteiger partial charge >= 0.3 is 6.09 Å². The number of hydrogen-bond donors (Lipinski definition) is 2. The van der Waals surface area contributed by atoms with Crippen LogP contribution in [-0.4, -0.2) is 56.3 Å². The molecule has 2 N–H and O–H groups in total. The number of nitrogens with one attached hydrogen (secondary N) is 2. The second kappa shape index (κ2) is 11.9. The number of aliphatic imine (C=N–C) groups is 1. The molecule has 0 spiro atoms. The molecule has 21 heavy (non-hydrogen) atoms. The molecule has 6 nitrogen and oxygen atoms in total. The van der Waals surface area contributed by atoms with Gasteiger partial charge in [0.15, 0.2) is 5.96 Å². The largest absolute Gasteiger partial charge is 0.444 e. The lowest BCUT2D eigenvalue weighted by molar-refractivity contribution is 0.0529. The number of nitrogens with zero attached hydrogens (tertiary/aromatic N) is 2. The fourth-order valence-corrected chi connectivity index (χ4v) is 1.54. The average molecular weight is 414 g/mol. The number of unbranched alkanes of at least 4 members (excludes halogenated alkanes) is 1. The molecule has 0 aromatic carbocycles. The SMILES string of the molecule is CCCCN(C)C(=NC)NCCNC(=O)OC(C)(C)C.I. The van der Waals surface area contributed by atoms with Crippen molar-refractivity contribution < 1.29 is 9.53 Å². The second-order valence-corrected chi connectivity index (χ2v) is 5.68. The van der Waals surface area contributed by atoms with E-state index < -0.39 is 11.7 Å². The van der Waals surface area contributed by atoms with Gasteiger partial charge in [-0.05, 0) is 27.2 Å². The smallest absolute Gasteiger partial charge is 0.407 e. The summed E-state index contributed by atoms with van der Waals surface area (Å²) in [6.07, 6.45) is 1.89. The van der Waals surface area contributed by atoms with Crippen molar-refractivity contribution in [3.05, 3.63) is 0 Å². The number of rotatable bonds is 6. The summed E-state index contributed by atoms with van der Waals surface area (Å²) in [5, 5.41) is 5.91. The Kier molecular flexibility index (Phi) is 12.8. The molecule has 0 aliphatic rings. The summed E-state index contributed by atoms with van der Waals surface area (Å²) >= 11 is 0. The number of carbonyl (C=O) groups excluding carboxylic acids is 1. The molecule has 126 valence electrons. The standard InChI is InChI=1S/C14H30N4O2.HI/c1-7-8-11-18(6)12(15-5)16-9-10-17-13(19)20-14(2,3)4;/h7-11H2,1-6H3,(H,15,16)(H,17,19);1H. The zero-order chi connectivity index (χ0) is 15.6. The Bertz CT molecular complexity index is 317. The maximum Gasteiger partial charge on any atom is 0.407 e. The van der Waals surface area contributed by atoms with Gasteiger partial charge in [0.25, 0.3) is 0 Å². The first-order valence-corrected chi connectivity index (χ1v) is 7.18. The Morgan fingerprint density at radius 3 is 2.29 bits per heavy atom. The third kappa shape index (κ3) is 12.7. The summed E-state index contributed by atoms with van der Waals surface area (Å²) in [5.74, 6) is 0.837. The maximum atomic E-state index is 11.4. The van der Waals surface area contributed by atoms with Gasteiger partial charge in [-0.3, -0.25) is 4.99 Å². The number of hydrogen-bond acceptors (Lipinski definition) is 3. The van der Waals surface area contributed by atoms with Crippen molar-refractivity contribution in [2.45, 2.75) is 46.1 Å². The molecule has 0 unspecified atom stereocenters. The van der Waals surface area contributed by atoms with Crippen LogP contribution < -0.4 is 10.6 Å². The molecule has 0 heterocycles. The van der Waals surface area contributed by atoms with Crippen molar-refractivity contribution in [3.8, 4) is 0 Å². The number of halogens is 1. The molecule has 0 aliphatic carbocycles. The second-order valence-electron chi connectivity index (χ2n) is 5.68. The molecule has 0 fully saturated rings. The van der Waals surface area contributed by atoms with Gasteiger partial charge in [-0.25, -0.2) is 4.79 Å². The Morgan fingerprint density at radius 1 is 1.24 bits per heavy atom. The number of alkyl carbamates (subject to hydrolysis) is 1. The van der Waals surface area contributed by atoms with Crippen molar-refractivity contribution >= 4 is 36.0 Å². The summed E-state index contributed by atoms with van der Waals surface area (Å²) in [7, 11) is 3.76. The first kappa shape index (κ1) is 22.5. The normalized spacial score (nSPS) is 11.4. The minimum atomic E-state index is -0.464. The van der Waals surface area contributed by atoms with E-state index in [1.54, 1.807) is 7.05 Å². The van der Waals surface area contributed by atoms with E-state index in [0.717, 1.165) is 25.3 Å². The molecule has 0 bridgehead atoms. The molecule has 0 aliphatic heterocycles. The summed E-state index contributed by atoms with van der Waals surface area (Å²) < 4.78 is 5.15. The van der Waals surface area contributed by atoms with E-state index in [4.69, 9.17) is 4.74 Å². The Morgan fingerprint density at radius 2 is 1.81 bits per heavy atom. The highest BCUT2D eigenvalue weighted by Crippen LogP contribution is 2.05. The molecule has 0 atom stereocenters. The fourth-order valence-electron chi connectivity index (χ4n) is 1.54. The van der Waals surface area contributed by atoms with Crippen LogP contribution >= 0.6 is 24.0 Å². The predicted molar refractivity (Wildman–Crippen MR) is 98.6 cm³/mol. The van der Waals surface area contributed by atoms with Gasteiger partial charge in [-0.15, -0.1) is 24.0 Å². The number of carbonyl (C=O) groups is 1. The van der Waals surface area contributed by atoms with E-state index in [-0.39, 0.29) is 24.0 Å². The lowest BCUT2D eigenvalue weighted by atomic mass is 10.2. The number of guanidine groups is 1. The van der Waals surface area contributed by atoms with Crippen molar-refractivity contribution in [2.24, 2.45) is 4.99 Å². The first-order valence-electron chi connectivity index (χ1n) is 7.18. The zero-order valence-corrected chi connectivity index (χ0v) is 16.5. The van der Waals surface area contributed by atoms with Gasteiger partial charge < -0.3 is 20.3 Å². The van der Waals surface area contributed by atoms with Crippen LogP contribution in [0.3, 0.4) is 0 Å². The molecule has 0 aromatic heterocycles. The van der Waals surface area contributed by atoms with Crippen molar-refractivity contribution in [1.82, 2.24) is 15.5 Å². The van der Waals surface area contributed by atoms with Crippen LogP contribution in [0.1, 0.15) is 40.5 Å². The van der Waals surface area contributed by atoms with Crippen LogP contribution in [0.25, 0.3) is 0 Å². The third-order valence-corrected chi connectivity index (χ3v) is 2.50. The highest BCUT2D eigenvalue weighted by atomic mass is 127. The van der Waals surface area contributed by atoms with Crippen LogP contribution in [-0.2, 0) is 4.74 Å². The van der Waals surface area contributed by atoms with Crippen molar-refractivity contribution in [2.75, 3.05) is 33.7 Å². The van der Waals surface area contributed by atoms with Crippen LogP contribution in [0, 0.1) is 0 Å². The predicted octanol–water partition coefficient (Wildman–Crippen LogP) is 2.44. The molecule has 0 saturated carbocycles. The lowest BCUT2D eigenvalue weighted by Crippen LogP contribution is -2.43. The molecule has 0 aromatic rings. The van der Waals surface area contributed by atoms with Crippen molar-refractivity contribution in [3.63, 3.8) is 0 Å². The minimum absolute atomic E-state index is 0. The molecular weight excluding hydrogens is 383 g/mol. The van der Waals surface area contributed by atoms with E-state index >= 15 is 0 Å². The van der Waals surface area contributed by atoms with E-state index in [1.165, 1.54) is 0 Å². The van der Waals surface area contributed by atoms with Crippen LogP contribution in [0.15, 0.2) is 4.99 Å². The minimum Gasteiger partial charge on any atom is -0.444 e. The van der Waals surface area contributed by atoms with Gasteiger partial charge in [0.2, 0.25) is 0 Å². The first-order chi connectivity index (χ1) is 9.30. The van der Waals surface area contributed by atoms with Gasteiger partial charge in [0.1, 0.15) is 5.60 Å². The summed E-state index contributed by atoms with van der Waals surface area (Å²) in [4.78, 5) is 17.7. The maximum absolute atomic E-state index is 11.4. The molecule has 1 amide bonds. The van der Waals surface area contributed by atoms with E-state index in [0.29, 0.717) is 13.1 Å². The van der Waals surface area contributed by atoms with Gasteiger partial charge in [0, 0.05) is 33.7 Å². The van der Waals surface area contributed by atoms with Crippen molar-refractivity contribution in [1.29, 1.82) is 0 Å². The molecule has 0 saturated heterocycles. The van der Waals surface area contributed by atoms with Crippen LogP contribution in [0.5, 0.6) is 0 Å². The average Bonchev–Trinajstić information content (AvgIpc) is 2.34. The van der Waals surface area contributed by atoms with Crippen LogP contribution in [0.4, 0.5) is 4.79 Å². The Labute approximate surface area is 146 Å². The molecule has 0 radical (unpaired) electrons. The highest BCUT2D eigenvalue weighted by Gasteiger charge is 2.15. The number of ether oxygens (including phenoxy) is 1. The summed E-state index contributed by atoms with van der Waals surface area (Å²) in [6.45, 7) is 9.77. The van der Waals surface area contributed by atoms with Gasteiger partial charge in [-0.1, -0.05) is 13.3 Å². The summed E-state index contributed by atoms with van der Waals surface area (Å²) in [6, 6.07) is 0.